The van der Waals surface area contributed by atoms with Gasteiger partial charge in [0.2, 0.25) is 0 Å². The second-order valence-corrected chi connectivity index (χ2v) is 4.24. The Hall–Kier alpha value is -0.570. The molecule has 0 aliphatic rings. The molecule has 0 heterocycles. The molecule has 0 aliphatic carbocycles. The summed E-state index contributed by atoms with van der Waals surface area (Å²) in [6.07, 6.45) is 3.69. The SMILES string of the molecule is CCCC(C)(C)NCCCC(=O)OC. The van der Waals surface area contributed by atoms with E-state index in [9.17, 15) is 4.79 Å². The molecule has 0 fully saturated rings. The van der Waals surface area contributed by atoms with Crippen LogP contribution < -0.4 is 5.32 Å². The molecule has 0 radical (unpaired) electrons. The summed E-state index contributed by atoms with van der Waals surface area (Å²) >= 11 is 0. The Morgan fingerprint density at radius 3 is 2.57 bits per heavy atom. The molecule has 0 rings (SSSR count). The Kier molecular flexibility index (Phi) is 6.54. The van der Waals surface area contributed by atoms with Crippen LogP contribution in [0.4, 0.5) is 0 Å². The van der Waals surface area contributed by atoms with E-state index in [1.165, 1.54) is 13.5 Å². The third-order valence-electron chi connectivity index (χ3n) is 2.26. The van der Waals surface area contributed by atoms with Gasteiger partial charge in [-0.05, 0) is 33.2 Å². The summed E-state index contributed by atoms with van der Waals surface area (Å²) in [5.41, 5.74) is 0.185. The van der Waals surface area contributed by atoms with Gasteiger partial charge < -0.3 is 10.1 Å². The summed E-state index contributed by atoms with van der Waals surface area (Å²) in [6.45, 7) is 7.43. The number of carbonyl (C=O) groups excluding carboxylic acids is 1. The number of carbonyl (C=O) groups is 1. The summed E-state index contributed by atoms with van der Waals surface area (Å²) in [6, 6.07) is 0. The lowest BCUT2D eigenvalue weighted by molar-refractivity contribution is -0.140. The Balaban J connectivity index is 3.48. The lowest BCUT2D eigenvalue weighted by Gasteiger charge is -2.25. The fourth-order valence-corrected chi connectivity index (χ4v) is 1.47. The van der Waals surface area contributed by atoms with Crippen LogP contribution in [0, 0.1) is 0 Å². The van der Waals surface area contributed by atoms with E-state index in [0.29, 0.717) is 6.42 Å². The summed E-state index contributed by atoms with van der Waals surface area (Å²) in [5, 5.41) is 3.43. The van der Waals surface area contributed by atoms with Crippen LogP contribution in [-0.2, 0) is 9.53 Å². The zero-order valence-corrected chi connectivity index (χ0v) is 9.85. The van der Waals surface area contributed by atoms with E-state index in [1.54, 1.807) is 0 Å². The number of hydrogen-bond donors (Lipinski definition) is 1. The average molecular weight is 201 g/mol. The van der Waals surface area contributed by atoms with Crippen LogP contribution in [0.1, 0.15) is 46.5 Å². The second-order valence-electron chi connectivity index (χ2n) is 4.24. The number of nitrogens with one attached hydrogen (secondary N) is 1. The predicted molar refractivity (Wildman–Crippen MR) is 58.2 cm³/mol. The number of esters is 1. The van der Waals surface area contributed by atoms with Crippen molar-refractivity contribution in [2.24, 2.45) is 0 Å². The first-order chi connectivity index (χ1) is 6.52. The highest BCUT2D eigenvalue weighted by Crippen LogP contribution is 2.10. The molecule has 84 valence electrons. The Labute approximate surface area is 87.2 Å². The highest BCUT2D eigenvalue weighted by Gasteiger charge is 2.14. The molecule has 0 aromatic heterocycles. The molecule has 0 aliphatic heterocycles. The van der Waals surface area contributed by atoms with Crippen LogP contribution in [0.25, 0.3) is 0 Å². The molecule has 3 heteroatoms. The van der Waals surface area contributed by atoms with Crippen molar-refractivity contribution in [2.75, 3.05) is 13.7 Å². The Morgan fingerprint density at radius 2 is 2.07 bits per heavy atom. The van der Waals surface area contributed by atoms with Crippen molar-refractivity contribution < 1.29 is 9.53 Å². The standard InChI is InChI=1S/C11H23NO2/c1-5-8-11(2,3)12-9-6-7-10(13)14-4/h12H,5-9H2,1-4H3. The van der Waals surface area contributed by atoms with Gasteiger partial charge in [-0.15, -0.1) is 0 Å². The van der Waals surface area contributed by atoms with Gasteiger partial charge in [-0.25, -0.2) is 0 Å². The van der Waals surface area contributed by atoms with Crippen molar-refractivity contribution in [1.82, 2.24) is 5.32 Å². The highest BCUT2D eigenvalue weighted by molar-refractivity contribution is 5.69. The third kappa shape index (κ3) is 6.89. The van der Waals surface area contributed by atoms with Crippen LogP contribution in [0.2, 0.25) is 0 Å². The van der Waals surface area contributed by atoms with E-state index < -0.39 is 0 Å². The lowest BCUT2D eigenvalue weighted by atomic mass is 9.99. The number of hydrogen-bond acceptors (Lipinski definition) is 3. The first-order valence-corrected chi connectivity index (χ1v) is 5.33. The smallest absolute Gasteiger partial charge is 0.305 e. The molecule has 0 saturated heterocycles. The maximum Gasteiger partial charge on any atom is 0.305 e. The van der Waals surface area contributed by atoms with Crippen LogP contribution in [0.5, 0.6) is 0 Å². The van der Waals surface area contributed by atoms with Crippen molar-refractivity contribution in [3.05, 3.63) is 0 Å². The molecule has 0 bridgehead atoms. The molecule has 0 aromatic rings. The summed E-state index contributed by atoms with van der Waals surface area (Å²) in [4.78, 5) is 10.8. The minimum atomic E-state index is -0.125. The molecule has 0 atom stereocenters. The van der Waals surface area contributed by atoms with Crippen LogP contribution >= 0.6 is 0 Å². The fourth-order valence-electron chi connectivity index (χ4n) is 1.47. The molecule has 0 saturated carbocycles. The van der Waals surface area contributed by atoms with Gasteiger partial charge in [0.15, 0.2) is 0 Å². The van der Waals surface area contributed by atoms with E-state index in [2.05, 4.69) is 30.8 Å². The van der Waals surface area contributed by atoms with Gasteiger partial charge in [-0.2, -0.15) is 0 Å². The van der Waals surface area contributed by atoms with Gasteiger partial charge >= 0.3 is 5.97 Å². The zero-order valence-electron chi connectivity index (χ0n) is 9.85. The maximum absolute atomic E-state index is 10.8. The molecule has 1 N–H and O–H groups in total. The molecule has 14 heavy (non-hydrogen) atoms. The quantitative estimate of drug-likeness (QED) is 0.506. The van der Waals surface area contributed by atoms with Crippen molar-refractivity contribution >= 4 is 5.97 Å². The summed E-state index contributed by atoms with van der Waals surface area (Å²) in [5.74, 6) is -0.125. The number of methoxy groups -OCH3 is 1. The molecule has 3 nitrogen and oxygen atoms in total. The fraction of sp³-hybridized carbons (Fsp3) is 0.909. The van der Waals surface area contributed by atoms with Gasteiger partial charge in [0.1, 0.15) is 0 Å². The molecule has 0 aromatic carbocycles. The molecule has 0 spiro atoms. The number of ether oxygens (including phenoxy) is 1. The minimum Gasteiger partial charge on any atom is -0.469 e. The lowest BCUT2D eigenvalue weighted by Crippen LogP contribution is -2.39. The minimum absolute atomic E-state index is 0.125. The Bertz CT molecular complexity index is 167. The molecular formula is C11H23NO2. The van der Waals surface area contributed by atoms with E-state index in [-0.39, 0.29) is 11.5 Å². The maximum atomic E-state index is 10.8. The Morgan fingerprint density at radius 1 is 1.43 bits per heavy atom. The van der Waals surface area contributed by atoms with E-state index >= 15 is 0 Å². The van der Waals surface area contributed by atoms with Crippen LogP contribution in [0.15, 0.2) is 0 Å². The monoisotopic (exact) mass is 201 g/mol. The second kappa shape index (κ2) is 6.82. The van der Waals surface area contributed by atoms with Crippen molar-refractivity contribution in [1.29, 1.82) is 0 Å². The van der Waals surface area contributed by atoms with Gasteiger partial charge in [0.05, 0.1) is 7.11 Å². The van der Waals surface area contributed by atoms with Crippen molar-refractivity contribution in [3.63, 3.8) is 0 Å². The average Bonchev–Trinajstić information content (AvgIpc) is 2.12. The molecule has 0 unspecified atom stereocenters. The molecular weight excluding hydrogens is 178 g/mol. The highest BCUT2D eigenvalue weighted by atomic mass is 16.5. The molecule has 0 amide bonds. The normalized spacial score (nSPS) is 11.4. The largest absolute Gasteiger partial charge is 0.469 e. The first-order valence-electron chi connectivity index (χ1n) is 5.33. The predicted octanol–water partition coefficient (Wildman–Crippen LogP) is 2.11. The summed E-state index contributed by atoms with van der Waals surface area (Å²) in [7, 11) is 1.43. The van der Waals surface area contributed by atoms with E-state index in [0.717, 1.165) is 19.4 Å². The number of rotatable bonds is 7. The third-order valence-corrected chi connectivity index (χ3v) is 2.26. The first kappa shape index (κ1) is 13.4. The summed E-state index contributed by atoms with van der Waals surface area (Å²) < 4.78 is 4.56. The van der Waals surface area contributed by atoms with Crippen molar-refractivity contribution in [3.8, 4) is 0 Å². The van der Waals surface area contributed by atoms with Crippen LogP contribution in [0.3, 0.4) is 0 Å². The van der Waals surface area contributed by atoms with Gasteiger partial charge in [0, 0.05) is 12.0 Å². The van der Waals surface area contributed by atoms with Gasteiger partial charge in [0.25, 0.3) is 0 Å². The van der Waals surface area contributed by atoms with Crippen LogP contribution in [-0.4, -0.2) is 25.2 Å². The van der Waals surface area contributed by atoms with Gasteiger partial charge in [-0.3, -0.25) is 4.79 Å². The van der Waals surface area contributed by atoms with Crippen molar-refractivity contribution in [2.45, 2.75) is 52.0 Å². The van der Waals surface area contributed by atoms with E-state index in [1.807, 2.05) is 0 Å². The van der Waals surface area contributed by atoms with E-state index in [4.69, 9.17) is 0 Å². The zero-order chi connectivity index (χ0) is 11.0. The topological polar surface area (TPSA) is 38.3 Å². The van der Waals surface area contributed by atoms with Gasteiger partial charge in [-0.1, -0.05) is 13.3 Å².